The summed E-state index contributed by atoms with van der Waals surface area (Å²) in [6.45, 7) is 1.76. The largest absolute Gasteiger partial charge is 0.511 e. The fourth-order valence-corrected chi connectivity index (χ4v) is 8.23. The van der Waals surface area contributed by atoms with E-state index in [4.69, 9.17) is 0 Å². The Hall–Kier alpha value is -3.45. The molecule has 4 atom stereocenters. The summed E-state index contributed by atoms with van der Waals surface area (Å²) < 4.78 is 70.0. The van der Waals surface area contributed by atoms with Crippen molar-refractivity contribution >= 4 is 43.2 Å². The standard InChI is InChI=1S/C26H27FN4O6S2/c1-13-3-4-14(9-18(13)27)12-31-23-16-6-5-15(10-16)21(23)24(32)22(26(31)33)25-28-19-8-7-17(29-38(2,34)35)11-20(19)39(36,37)30-25/h3-4,7-9,11,15-16,21,23,29,32H,5-6,10,12H2,1-2H3,(H,28,30)/t15-,16+,21?,23?/m1/s1. The molecule has 1 amide bonds. The predicted octanol–water partition coefficient (Wildman–Crippen LogP) is 3.29. The number of fused-ring (bicyclic) bond motifs is 6. The maximum Gasteiger partial charge on any atom is 0.286 e. The Morgan fingerprint density at radius 1 is 1.18 bits per heavy atom. The number of carbonyl (C=O) groups is 1. The third-order valence-electron chi connectivity index (χ3n) is 8.13. The van der Waals surface area contributed by atoms with E-state index in [-0.39, 0.29) is 69.6 Å². The van der Waals surface area contributed by atoms with Crippen LogP contribution in [0.15, 0.2) is 57.0 Å². The van der Waals surface area contributed by atoms with Gasteiger partial charge in [0, 0.05) is 24.2 Å². The van der Waals surface area contributed by atoms with E-state index in [9.17, 15) is 31.1 Å². The van der Waals surface area contributed by atoms with Gasteiger partial charge in [0.2, 0.25) is 10.0 Å². The number of aryl methyl sites for hydroxylation is 1. The number of aliphatic hydroxyl groups is 1. The SMILES string of the molecule is Cc1ccc(CN2C(=O)C(C3=NS(=O)(=O)c4cc(NS(C)(=O)=O)ccc4N3)=C(O)C3C2[C@H]2CC[C@@H]3C2)cc1F. The van der Waals surface area contributed by atoms with Crippen LogP contribution in [-0.2, 0) is 31.4 Å². The van der Waals surface area contributed by atoms with Gasteiger partial charge in [-0.25, -0.2) is 12.8 Å². The lowest BCUT2D eigenvalue weighted by atomic mass is 9.77. The minimum absolute atomic E-state index is 0.0393. The first-order chi connectivity index (χ1) is 18.3. The number of nitrogens with zero attached hydrogens (tertiary/aromatic N) is 2. The molecule has 3 N–H and O–H groups in total. The van der Waals surface area contributed by atoms with Gasteiger partial charge in [-0.15, -0.1) is 4.40 Å². The number of benzene rings is 2. The predicted molar refractivity (Wildman–Crippen MR) is 143 cm³/mol. The molecule has 13 heteroatoms. The van der Waals surface area contributed by atoms with E-state index in [0.29, 0.717) is 11.1 Å². The minimum atomic E-state index is -4.36. The van der Waals surface area contributed by atoms with Gasteiger partial charge in [0.05, 0.1) is 11.9 Å². The molecule has 0 radical (unpaired) electrons. The molecule has 39 heavy (non-hydrogen) atoms. The molecular weight excluding hydrogens is 547 g/mol. The first-order valence-corrected chi connectivity index (χ1v) is 15.9. The molecule has 0 saturated heterocycles. The summed E-state index contributed by atoms with van der Waals surface area (Å²) >= 11 is 0. The molecule has 6 rings (SSSR count). The Morgan fingerprint density at radius 2 is 1.92 bits per heavy atom. The van der Waals surface area contributed by atoms with Crippen LogP contribution in [-0.4, -0.2) is 50.9 Å². The number of amides is 1. The van der Waals surface area contributed by atoms with Crippen molar-refractivity contribution in [1.29, 1.82) is 0 Å². The van der Waals surface area contributed by atoms with Gasteiger partial charge in [0.25, 0.3) is 15.9 Å². The number of carbonyl (C=O) groups excluding carboxylic acids is 1. The van der Waals surface area contributed by atoms with Crippen LogP contribution in [0.1, 0.15) is 30.4 Å². The van der Waals surface area contributed by atoms with Crippen LogP contribution in [0.5, 0.6) is 0 Å². The third kappa shape index (κ3) is 4.37. The number of nitrogens with one attached hydrogen (secondary N) is 2. The topological polar surface area (TPSA) is 145 Å². The maximum atomic E-state index is 14.3. The van der Waals surface area contributed by atoms with Crippen LogP contribution >= 0.6 is 0 Å². The molecule has 2 aliphatic carbocycles. The van der Waals surface area contributed by atoms with E-state index < -0.39 is 26.0 Å². The lowest BCUT2D eigenvalue weighted by molar-refractivity contribution is -0.134. The molecule has 2 heterocycles. The molecule has 2 saturated carbocycles. The van der Waals surface area contributed by atoms with Gasteiger partial charge in [-0.2, -0.15) is 8.42 Å². The van der Waals surface area contributed by atoms with Crippen LogP contribution in [0, 0.1) is 30.5 Å². The second-order valence-corrected chi connectivity index (χ2v) is 14.1. The Balaban J connectivity index is 1.41. The molecule has 2 unspecified atom stereocenters. The molecule has 4 aliphatic rings. The molecule has 0 aromatic heterocycles. The molecule has 2 bridgehead atoms. The van der Waals surface area contributed by atoms with Crippen molar-refractivity contribution in [3.8, 4) is 0 Å². The highest BCUT2D eigenvalue weighted by Crippen LogP contribution is 2.55. The van der Waals surface area contributed by atoms with Crippen molar-refractivity contribution in [2.45, 2.75) is 43.7 Å². The monoisotopic (exact) mass is 574 g/mol. The zero-order valence-corrected chi connectivity index (χ0v) is 22.8. The summed E-state index contributed by atoms with van der Waals surface area (Å²) in [6, 6.07) is 8.41. The summed E-state index contributed by atoms with van der Waals surface area (Å²) in [5.74, 6) is -1.48. The van der Waals surface area contributed by atoms with Gasteiger partial charge in [-0.05, 0) is 73.4 Å². The van der Waals surface area contributed by atoms with Gasteiger partial charge < -0.3 is 15.3 Å². The fourth-order valence-electron chi connectivity index (χ4n) is 6.53. The van der Waals surface area contributed by atoms with Gasteiger partial charge in [-0.3, -0.25) is 9.52 Å². The van der Waals surface area contributed by atoms with E-state index in [1.54, 1.807) is 24.0 Å². The number of rotatable bonds is 5. The minimum Gasteiger partial charge on any atom is -0.511 e. The number of hydrogen-bond acceptors (Lipinski definition) is 7. The van der Waals surface area contributed by atoms with Crippen LogP contribution in [0.3, 0.4) is 0 Å². The molecule has 0 spiro atoms. The lowest BCUT2D eigenvalue weighted by Gasteiger charge is -2.44. The number of sulfonamides is 2. The first kappa shape index (κ1) is 25.8. The van der Waals surface area contributed by atoms with Crippen molar-refractivity contribution in [2.75, 3.05) is 16.3 Å². The highest BCUT2D eigenvalue weighted by atomic mass is 32.2. The number of amidine groups is 1. The average molecular weight is 575 g/mol. The van der Waals surface area contributed by atoms with Crippen molar-refractivity contribution in [2.24, 2.45) is 22.2 Å². The van der Waals surface area contributed by atoms with E-state index in [2.05, 4.69) is 14.4 Å². The lowest BCUT2D eigenvalue weighted by Crippen LogP contribution is -2.53. The molecule has 2 aromatic carbocycles. The summed E-state index contributed by atoms with van der Waals surface area (Å²) in [5.41, 5.74) is 0.992. The van der Waals surface area contributed by atoms with E-state index in [0.717, 1.165) is 31.6 Å². The molecule has 10 nitrogen and oxygen atoms in total. The maximum absolute atomic E-state index is 14.3. The Labute approximate surface area is 225 Å². The van der Waals surface area contributed by atoms with Crippen molar-refractivity contribution in [3.63, 3.8) is 0 Å². The summed E-state index contributed by atoms with van der Waals surface area (Å²) in [6.07, 6.45) is 3.60. The second kappa shape index (κ2) is 8.78. The number of halogens is 1. The van der Waals surface area contributed by atoms with Crippen LogP contribution in [0.25, 0.3) is 0 Å². The van der Waals surface area contributed by atoms with Crippen LogP contribution in [0.2, 0.25) is 0 Å². The summed E-state index contributed by atoms with van der Waals surface area (Å²) in [7, 11) is -8.01. The van der Waals surface area contributed by atoms with Gasteiger partial charge >= 0.3 is 0 Å². The summed E-state index contributed by atoms with van der Waals surface area (Å²) in [5, 5.41) is 14.3. The van der Waals surface area contributed by atoms with Crippen molar-refractivity contribution in [3.05, 3.63) is 64.7 Å². The average Bonchev–Trinajstić information content (AvgIpc) is 3.46. The van der Waals surface area contributed by atoms with Crippen molar-refractivity contribution in [1.82, 2.24) is 4.90 Å². The second-order valence-electron chi connectivity index (χ2n) is 10.8. The van der Waals surface area contributed by atoms with E-state index >= 15 is 0 Å². The Bertz CT molecular complexity index is 1700. The zero-order valence-electron chi connectivity index (χ0n) is 21.2. The Kier molecular flexibility index (Phi) is 5.81. The molecule has 2 aromatic rings. The van der Waals surface area contributed by atoms with E-state index in [1.165, 1.54) is 18.2 Å². The van der Waals surface area contributed by atoms with Gasteiger partial charge in [0.15, 0.2) is 5.84 Å². The summed E-state index contributed by atoms with van der Waals surface area (Å²) in [4.78, 5) is 15.3. The van der Waals surface area contributed by atoms with Crippen LogP contribution in [0.4, 0.5) is 15.8 Å². The fraction of sp³-hybridized carbons (Fsp3) is 0.385. The molecule has 2 aliphatic heterocycles. The normalized spacial score (nSPS) is 27.1. The highest BCUT2D eigenvalue weighted by molar-refractivity contribution is 7.92. The van der Waals surface area contributed by atoms with Gasteiger partial charge in [-0.1, -0.05) is 12.1 Å². The van der Waals surface area contributed by atoms with E-state index in [1.807, 2.05) is 0 Å². The highest BCUT2D eigenvalue weighted by Gasteiger charge is 2.57. The molecule has 206 valence electrons. The first-order valence-electron chi connectivity index (χ1n) is 12.6. The Morgan fingerprint density at radius 3 is 2.64 bits per heavy atom. The smallest absolute Gasteiger partial charge is 0.286 e. The van der Waals surface area contributed by atoms with Gasteiger partial charge in [0.1, 0.15) is 22.0 Å². The third-order valence-corrected chi connectivity index (χ3v) is 10.1. The van der Waals surface area contributed by atoms with Crippen LogP contribution < -0.4 is 10.0 Å². The number of anilines is 2. The number of hydrogen-bond donors (Lipinski definition) is 3. The molecular formula is C26H27FN4O6S2. The van der Waals surface area contributed by atoms with Crippen molar-refractivity contribution < 1.29 is 31.1 Å². The zero-order chi connectivity index (χ0) is 27.9. The number of aliphatic hydroxyl groups excluding tert-OH is 1. The quantitative estimate of drug-likeness (QED) is 0.497. The molecule has 2 fully saturated rings.